The molecule has 2 aliphatic rings. The van der Waals surface area contributed by atoms with Crippen LogP contribution in [0.5, 0.6) is 5.75 Å². The number of likely N-dealkylation sites (tertiary alicyclic amines) is 1. The fraction of sp³-hybridized carbons (Fsp3) is 0.556. The number of allylic oxidation sites excluding steroid dienone is 1. The average Bonchev–Trinajstić information content (AvgIpc) is 3.51. The highest BCUT2D eigenvalue weighted by Gasteiger charge is 2.33. The van der Waals surface area contributed by atoms with Crippen LogP contribution in [-0.2, 0) is 30.6 Å². The minimum absolute atomic E-state index is 0.0117. The van der Waals surface area contributed by atoms with Gasteiger partial charge in [0.25, 0.3) is 0 Å². The van der Waals surface area contributed by atoms with Crippen molar-refractivity contribution in [3.63, 3.8) is 0 Å². The van der Waals surface area contributed by atoms with E-state index in [1.807, 2.05) is 59.8 Å². The molecule has 1 aliphatic carbocycles. The first-order valence-corrected chi connectivity index (χ1v) is 19.1. The molecular weight excluding hydrogens is 630 g/mol. The predicted molar refractivity (Wildman–Crippen MR) is 185 cm³/mol. The minimum Gasteiger partial charge on any atom is -0.493 e. The Hall–Kier alpha value is -3.77. The monoisotopic (exact) mass is 679 g/mol. The molecule has 1 aliphatic heterocycles. The third kappa shape index (κ3) is 9.02. The summed E-state index contributed by atoms with van der Waals surface area (Å²) in [5.74, 6) is 2.44. The van der Waals surface area contributed by atoms with Crippen molar-refractivity contribution in [3.8, 4) is 11.6 Å². The number of fused-ring (bicyclic) bond motifs is 1. The summed E-state index contributed by atoms with van der Waals surface area (Å²) in [5.41, 5.74) is 7.95. The highest BCUT2D eigenvalue weighted by molar-refractivity contribution is 7.90. The van der Waals surface area contributed by atoms with Crippen molar-refractivity contribution < 1.29 is 27.5 Å². The Morgan fingerprint density at radius 2 is 1.75 bits per heavy atom. The van der Waals surface area contributed by atoms with E-state index in [2.05, 4.69) is 11.6 Å². The first-order valence-electron chi connectivity index (χ1n) is 17.0. The van der Waals surface area contributed by atoms with Gasteiger partial charge >= 0.3 is 5.97 Å². The van der Waals surface area contributed by atoms with Crippen LogP contribution in [0.25, 0.3) is 16.7 Å². The molecule has 12 heteroatoms. The summed E-state index contributed by atoms with van der Waals surface area (Å²) < 4.78 is 36.4. The zero-order chi connectivity index (χ0) is 34.4. The lowest BCUT2D eigenvalue weighted by atomic mass is 9.77. The van der Waals surface area contributed by atoms with Crippen LogP contribution in [0.2, 0.25) is 0 Å². The van der Waals surface area contributed by atoms with Crippen molar-refractivity contribution in [2.45, 2.75) is 77.4 Å². The number of nitrogens with two attached hydrogens (primary N) is 1. The van der Waals surface area contributed by atoms with Crippen LogP contribution in [-0.4, -0.2) is 83.6 Å². The molecule has 1 amide bonds. The van der Waals surface area contributed by atoms with Gasteiger partial charge in [-0.3, -0.25) is 9.59 Å². The molecule has 2 fully saturated rings. The van der Waals surface area contributed by atoms with E-state index < -0.39 is 15.9 Å². The van der Waals surface area contributed by atoms with Crippen molar-refractivity contribution in [3.05, 3.63) is 60.7 Å². The van der Waals surface area contributed by atoms with E-state index in [-0.39, 0.29) is 35.6 Å². The molecule has 0 spiro atoms. The zero-order valence-corrected chi connectivity index (χ0v) is 29.2. The van der Waals surface area contributed by atoms with Gasteiger partial charge in [-0.2, -0.15) is 0 Å². The van der Waals surface area contributed by atoms with E-state index in [1.165, 1.54) is 6.26 Å². The number of carbonyl (C=O) groups is 2. The number of hydrogen-bond donors (Lipinski definition) is 1. The van der Waals surface area contributed by atoms with Crippen LogP contribution < -0.4 is 10.5 Å². The fourth-order valence-corrected chi connectivity index (χ4v) is 7.28. The number of piperidine rings is 1. The van der Waals surface area contributed by atoms with Gasteiger partial charge in [0.2, 0.25) is 5.91 Å². The molecule has 2 aromatic heterocycles. The average molecular weight is 680 g/mol. The first-order chi connectivity index (χ1) is 22.9. The number of ether oxygens (including phenoxy) is 2. The van der Waals surface area contributed by atoms with E-state index in [0.29, 0.717) is 62.9 Å². The maximum absolute atomic E-state index is 13.3. The van der Waals surface area contributed by atoms with Gasteiger partial charge in [0.05, 0.1) is 17.9 Å². The Balaban J connectivity index is 1.11. The molecule has 1 saturated carbocycles. The largest absolute Gasteiger partial charge is 0.493 e. The van der Waals surface area contributed by atoms with Gasteiger partial charge in [-0.15, -0.1) is 0 Å². The molecule has 3 heterocycles. The van der Waals surface area contributed by atoms with Crippen molar-refractivity contribution in [2.75, 3.05) is 31.7 Å². The summed E-state index contributed by atoms with van der Waals surface area (Å²) in [6.07, 6.45) is 10.5. The highest BCUT2D eigenvalue weighted by atomic mass is 32.2. The summed E-state index contributed by atoms with van der Waals surface area (Å²) in [5, 5.41) is 0.923. The zero-order valence-electron chi connectivity index (χ0n) is 28.3. The number of amides is 1. The molecule has 1 atom stereocenters. The third-order valence-electron chi connectivity index (χ3n) is 9.61. The van der Waals surface area contributed by atoms with Gasteiger partial charge in [0.15, 0.2) is 0 Å². The van der Waals surface area contributed by atoms with E-state index in [4.69, 9.17) is 20.2 Å². The number of rotatable bonds is 13. The van der Waals surface area contributed by atoms with Crippen LogP contribution in [0.1, 0.15) is 64.6 Å². The second-order valence-electron chi connectivity index (χ2n) is 13.7. The molecule has 1 aromatic carbocycles. The fourth-order valence-electron chi connectivity index (χ4n) is 6.64. The molecular formula is C36H49N5O6S. The van der Waals surface area contributed by atoms with Gasteiger partial charge in [-0.1, -0.05) is 32.1 Å². The molecule has 1 saturated heterocycles. The summed E-state index contributed by atoms with van der Waals surface area (Å²) in [6, 6.07) is 9.03. The lowest BCUT2D eigenvalue weighted by molar-refractivity contribution is -0.155. The van der Waals surface area contributed by atoms with E-state index in [9.17, 15) is 18.0 Å². The van der Waals surface area contributed by atoms with E-state index in [0.717, 1.165) is 48.0 Å². The smallest absolute Gasteiger partial charge is 0.323 e. The Morgan fingerprint density at radius 3 is 2.44 bits per heavy atom. The van der Waals surface area contributed by atoms with Crippen LogP contribution in [0.3, 0.4) is 0 Å². The van der Waals surface area contributed by atoms with Crippen molar-refractivity contribution in [1.82, 2.24) is 19.4 Å². The van der Waals surface area contributed by atoms with Crippen molar-refractivity contribution in [1.29, 1.82) is 0 Å². The number of carbonyl (C=O) groups excluding carboxylic acids is 2. The molecule has 0 bridgehead atoms. The van der Waals surface area contributed by atoms with Gasteiger partial charge in [-0.05, 0) is 68.2 Å². The van der Waals surface area contributed by atoms with Gasteiger partial charge < -0.3 is 24.7 Å². The van der Waals surface area contributed by atoms with Crippen molar-refractivity contribution >= 4 is 32.6 Å². The number of aromatic nitrogens is 3. The second-order valence-corrected chi connectivity index (χ2v) is 15.9. The van der Waals surface area contributed by atoms with Crippen LogP contribution >= 0.6 is 0 Å². The van der Waals surface area contributed by atoms with E-state index >= 15 is 0 Å². The maximum Gasteiger partial charge on any atom is 0.323 e. The molecule has 0 radical (unpaired) electrons. The number of sulfone groups is 1. The second kappa shape index (κ2) is 15.6. The third-order valence-corrected chi connectivity index (χ3v) is 10.6. The summed E-state index contributed by atoms with van der Waals surface area (Å²) in [7, 11) is -3.03. The Bertz CT molecular complexity index is 1700. The highest BCUT2D eigenvalue weighted by Crippen LogP contribution is 2.35. The number of nitrogens with zero attached hydrogens (tertiary/aromatic N) is 4. The van der Waals surface area contributed by atoms with E-state index in [1.54, 1.807) is 6.20 Å². The standard InChI is InChI=1S/C36H49N5O6S/c1-24(2)34(37)36(43)47-28-14-18-40(19-15-28)35(42)27-11-9-26(10-12-27)25(3)23-32-38-17-13-33(39-32)41-20-16-29-30(41)7-5-8-31(29)46-21-6-22-48(4,44)45/h5,7-8,13,16-17,20,24,26-28,34H,3,6,9-12,14-15,18-19,21-23,37H2,1-2,4H3/t26?,27?,34-/m1/s1. The SMILES string of the molecule is C=C(Cc1nccc(-n2ccc3c(OCCCS(C)(=O)=O)cccc32)n1)C1CCC(C(=O)N2CCC(OC(=O)[C@H](N)C(C)C)CC2)CC1. The topological polar surface area (TPSA) is 147 Å². The predicted octanol–water partition coefficient (Wildman–Crippen LogP) is 4.66. The molecule has 11 nitrogen and oxygen atoms in total. The lowest BCUT2D eigenvalue weighted by Crippen LogP contribution is -2.46. The molecule has 3 aromatic rings. The van der Waals surface area contributed by atoms with Gasteiger partial charge in [-0.25, -0.2) is 18.4 Å². The Labute approximate surface area is 283 Å². The molecule has 2 N–H and O–H groups in total. The Morgan fingerprint density at radius 1 is 1.04 bits per heavy atom. The van der Waals surface area contributed by atoms with Crippen LogP contribution in [0, 0.1) is 17.8 Å². The molecule has 0 unspecified atom stereocenters. The normalized spacial score (nSPS) is 19.7. The number of hydrogen-bond acceptors (Lipinski definition) is 9. The molecule has 5 rings (SSSR count). The maximum atomic E-state index is 13.3. The minimum atomic E-state index is -3.03. The molecule has 48 heavy (non-hydrogen) atoms. The Kier molecular flexibility index (Phi) is 11.6. The summed E-state index contributed by atoms with van der Waals surface area (Å²) >= 11 is 0. The van der Waals surface area contributed by atoms with Crippen LogP contribution in [0.15, 0.2) is 54.9 Å². The molecule has 260 valence electrons. The lowest BCUT2D eigenvalue weighted by Gasteiger charge is -2.36. The summed E-state index contributed by atoms with van der Waals surface area (Å²) in [6.45, 7) is 9.73. The van der Waals surface area contributed by atoms with Crippen LogP contribution in [0.4, 0.5) is 0 Å². The van der Waals surface area contributed by atoms with Crippen molar-refractivity contribution in [2.24, 2.45) is 23.5 Å². The number of esters is 1. The first kappa shape index (κ1) is 35.5. The summed E-state index contributed by atoms with van der Waals surface area (Å²) in [4.78, 5) is 36.9. The number of benzene rings is 1. The van der Waals surface area contributed by atoms with Gasteiger partial charge in [0, 0.05) is 62.3 Å². The van der Waals surface area contributed by atoms with Gasteiger partial charge in [0.1, 0.15) is 39.4 Å². The quantitative estimate of drug-likeness (QED) is 0.155.